The summed E-state index contributed by atoms with van der Waals surface area (Å²) in [6.45, 7) is 10.9. The summed E-state index contributed by atoms with van der Waals surface area (Å²) in [4.78, 5) is 24.7. The molecule has 0 spiro atoms. The first-order valence-corrected chi connectivity index (χ1v) is 27.0. The molecule has 13 heteroatoms. The molecule has 0 aliphatic rings. The van der Waals surface area contributed by atoms with Crippen LogP contribution in [0, 0.1) is 20.8 Å². The van der Waals surface area contributed by atoms with Gasteiger partial charge >= 0.3 is 10.3 Å². The van der Waals surface area contributed by atoms with Crippen LogP contribution >= 0.6 is 0 Å². The zero-order valence-electron chi connectivity index (χ0n) is 44.2. The summed E-state index contributed by atoms with van der Waals surface area (Å²) < 4.78 is 42.1. The fourth-order valence-electron chi connectivity index (χ4n) is 7.67. The van der Waals surface area contributed by atoms with Crippen LogP contribution in [0.3, 0.4) is 0 Å². The minimum Gasteiger partial charge on any atom is -0.497 e. The zero-order chi connectivity index (χ0) is 53.6. The molecule has 0 fully saturated rings. The summed E-state index contributed by atoms with van der Waals surface area (Å²) in [6, 6.07) is 52.7. The van der Waals surface area contributed by atoms with E-state index in [0.29, 0.717) is 32.5 Å². The molecule has 4 atom stereocenters. The number of hydrogen-bond donors (Lipinski definition) is 4. The standard InChI is InChI=1S/C31H39NO2.C19H23NO2.C11H17NO5S/c1-24-12-16-28(17-13-24)22-30(32-31(33)21-20-27-9-5-4-6-10-27)11-7-8-26(3)34-23-29-18-14-25(2)15-19-29;1-15-7-9-17(10-8-15)13-18(14-21)20-19(22)12-11-16-5-3-2-4-6-16;1-9(7-17-18(12,13)14)16-8-10-3-5-11(15-2)6-4-10/h4-6,9-10,12-19,26,30H,7-8,11,20-23H2,1-3H3,(H,32,33);2-10,18,21H,11-14H2,1H3,(H,20,22);3-6,9H,7-8H2,1-2H3,(H2,12,13,14)/t26?,30-;18-;/m10./s1. The number of benzene rings is 6. The summed E-state index contributed by atoms with van der Waals surface area (Å²) in [6.07, 6.45) is 6.72. The van der Waals surface area contributed by atoms with Crippen LogP contribution in [-0.4, -0.2) is 70.0 Å². The van der Waals surface area contributed by atoms with Crippen molar-refractivity contribution in [3.63, 3.8) is 0 Å². The van der Waals surface area contributed by atoms with E-state index < -0.39 is 10.3 Å². The number of carbonyl (C=O) groups excluding carboxylic acids is 2. The van der Waals surface area contributed by atoms with Gasteiger partial charge in [0, 0.05) is 18.9 Å². The number of hydrogen-bond acceptors (Lipinski definition) is 9. The fourth-order valence-corrected chi connectivity index (χ4v) is 8.05. The summed E-state index contributed by atoms with van der Waals surface area (Å²) in [5.74, 6) is 0.879. The molecule has 0 saturated carbocycles. The summed E-state index contributed by atoms with van der Waals surface area (Å²) in [5, 5.41) is 20.4. The van der Waals surface area contributed by atoms with Crippen molar-refractivity contribution in [2.24, 2.45) is 5.14 Å². The van der Waals surface area contributed by atoms with Crippen LogP contribution in [0.4, 0.5) is 0 Å². The Hall–Kier alpha value is -6.19. The average molecular weight is 1030 g/mol. The topological polar surface area (TPSA) is 176 Å². The van der Waals surface area contributed by atoms with Gasteiger partial charge in [-0.25, -0.2) is 5.14 Å². The number of aliphatic hydroxyl groups excluding tert-OH is 1. The van der Waals surface area contributed by atoms with Crippen LogP contribution in [-0.2, 0) is 72.4 Å². The highest BCUT2D eigenvalue weighted by Gasteiger charge is 2.16. The van der Waals surface area contributed by atoms with Crippen molar-refractivity contribution in [1.29, 1.82) is 0 Å². The Morgan fingerprint density at radius 1 is 0.541 bits per heavy atom. The maximum atomic E-state index is 12.7. The molecule has 5 N–H and O–H groups in total. The van der Waals surface area contributed by atoms with E-state index in [2.05, 4.69) is 96.3 Å². The second-order valence-electron chi connectivity index (χ2n) is 18.8. The number of carbonyl (C=O) groups is 2. The molecule has 0 aliphatic heterocycles. The SMILES string of the molecule is COc1ccc(COC(C)COS(N)(=O)=O)cc1.Cc1ccc(COC(C)CCC[C@H](Cc2ccc(C)cc2)NC(=O)CCc2ccccc2)cc1.Cc1ccc(C[C@@H](CO)NC(=O)CCc2ccccc2)cc1. The number of aliphatic hydroxyl groups is 1. The Morgan fingerprint density at radius 3 is 1.38 bits per heavy atom. The lowest BCUT2D eigenvalue weighted by Crippen LogP contribution is -2.39. The van der Waals surface area contributed by atoms with E-state index in [-0.39, 0.29) is 49.3 Å². The lowest BCUT2D eigenvalue weighted by Gasteiger charge is -2.20. The van der Waals surface area contributed by atoms with Gasteiger partial charge in [0.25, 0.3) is 0 Å². The van der Waals surface area contributed by atoms with Gasteiger partial charge in [0.15, 0.2) is 0 Å². The molecule has 0 bridgehead atoms. The Kier molecular flexibility index (Phi) is 27.4. The molecular formula is C61H79N3O9S. The second-order valence-corrected chi connectivity index (χ2v) is 20.1. The molecule has 0 saturated heterocycles. The largest absolute Gasteiger partial charge is 0.497 e. The van der Waals surface area contributed by atoms with E-state index in [9.17, 15) is 23.1 Å². The monoisotopic (exact) mass is 1030 g/mol. The van der Waals surface area contributed by atoms with Crippen molar-refractivity contribution >= 4 is 22.1 Å². The molecule has 6 aromatic rings. The highest BCUT2D eigenvalue weighted by Crippen LogP contribution is 2.16. The molecule has 0 radical (unpaired) electrons. The van der Waals surface area contributed by atoms with Gasteiger partial charge in [0.1, 0.15) is 5.75 Å². The third kappa shape index (κ3) is 26.7. The minimum atomic E-state index is -3.91. The van der Waals surface area contributed by atoms with Crippen molar-refractivity contribution in [2.75, 3.05) is 20.3 Å². The predicted molar refractivity (Wildman–Crippen MR) is 296 cm³/mol. The molecule has 6 aromatic carbocycles. The lowest BCUT2D eigenvalue weighted by atomic mass is 9.98. The number of rotatable bonds is 27. The lowest BCUT2D eigenvalue weighted by molar-refractivity contribution is -0.122. The fraction of sp³-hybridized carbons (Fsp3) is 0.377. The van der Waals surface area contributed by atoms with Crippen LogP contribution in [0.1, 0.15) is 96.0 Å². The quantitative estimate of drug-likeness (QED) is 0.0391. The van der Waals surface area contributed by atoms with Gasteiger partial charge in [0.2, 0.25) is 11.8 Å². The Morgan fingerprint density at radius 2 is 0.946 bits per heavy atom. The maximum Gasteiger partial charge on any atom is 0.333 e. The maximum absolute atomic E-state index is 12.7. The van der Waals surface area contributed by atoms with E-state index >= 15 is 0 Å². The van der Waals surface area contributed by atoms with E-state index in [1.807, 2.05) is 104 Å². The van der Waals surface area contributed by atoms with Gasteiger partial charge in [-0.1, -0.05) is 162 Å². The number of nitrogens with one attached hydrogen (secondary N) is 2. The Labute approximate surface area is 441 Å². The number of amides is 2. The molecular weight excluding hydrogens is 951 g/mol. The highest BCUT2D eigenvalue weighted by atomic mass is 32.2. The van der Waals surface area contributed by atoms with Crippen molar-refractivity contribution in [2.45, 2.75) is 130 Å². The molecule has 6 rings (SSSR count). The predicted octanol–water partition coefficient (Wildman–Crippen LogP) is 10.2. The van der Waals surface area contributed by atoms with Gasteiger partial charge < -0.3 is 30.0 Å². The average Bonchev–Trinajstić information content (AvgIpc) is 3.40. The van der Waals surface area contributed by atoms with Crippen molar-refractivity contribution in [3.05, 3.63) is 208 Å². The molecule has 0 aromatic heterocycles. The van der Waals surface area contributed by atoms with Crippen molar-refractivity contribution < 1.29 is 41.5 Å². The van der Waals surface area contributed by atoms with Crippen LogP contribution in [0.5, 0.6) is 5.75 Å². The first kappa shape index (κ1) is 60.4. The summed E-state index contributed by atoms with van der Waals surface area (Å²) in [5.41, 5.74) is 10.6. The van der Waals surface area contributed by atoms with Gasteiger partial charge in [-0.2, -0.15) is 8.42 Å². The van der Waals surface area contributed by atoms with Crippen LogP contribution in [0.25, 0.3) is 0 Å². The van der Waals surface area contributed by atoms with Gasteiger partial charge in [-0.15, -0.1) is 0 Å². The second kappa shape index (κ2) is 33.6. The summed E-state index contributed by atoms with van der Waals surface area (Å²) >= 11 is 0. The molecule has 12 nitrogen and oxygen atoms in total. The summed E-state index contributed by atoms with van der Waals surface area (Å²) in [7, 11) is -2.31. The smallest absolute Gasteiger partial charge is 0.333 e. The van der Waals surface area contributed by atoms with Crippen LogP contribution in [0.15, 0.2) is 158 Å². The molecule has 2 unspecified atom stereocenters. The van der Waals surface area contributed by atoms with E-state index in [1.165, 1.54) is 33.4 Å². The number of aryl methyl sites for hydroxylation is 5. The normalized spacial score (nSPS) is 12.6. The van der Waals surface area contributed by atoms with Crippen molar-refractivity contribution in [3.8, 4) is 5.75 Å². The first-order chi connectivity index (χ1) is 35.5. The minimum absolute atomic E-state index is 0.0185. The highest BCUT2D eigenvalue weighted by molar-refractivity contribution is 7.84. The number of methoxy groups -OCH3 is 1. The van der Waals surface area contributed by atoms with Gasteiger partial charge in [-0.3, -0.25) is 13.8 Å². The number of nitrogens with two attached hydrogens (primary N) is 1. The van der Waals surface area contributed by atoms with Crippen LogP contribution in [0.2, 0.25) is 0 Å². The first-order valence-electron chi connectivity index (χ1n) is 25.5. The third-order valence-electron chi connectivity index (χ3n) is 12.1. The zero-order valence-corrected chi connectivity index (χ0v) is 45.0. The molecule has 74 heavy (non-hydrogen) atoms. The van der Waals surface area contributed by atoms with Crippen molar-refractivity contribution in [1.82, 2.24) is 10.6 Å². The van der Waals surface area contributed by atoms with Crippen LogP contribution < -0.4 is 20.5 Å². The molecule has 398 valence electrons. The van der Waals surface area contributed by atoms with Gasteiger partial charge in [-0.05, 0) is 125 Å². The van der Waals surface area contributed by atoms with Gasteiger partial charge in [0.05, 0.1) is 51.8 Å². The molecule has 0 aliphatic carbocycles. The third-order valence-corrected chi connectivity index (χ3v) is 12.6. The Balaban J connectivity index is 0.000000256. The van der Waals surface area contributed by atoms with E-state index in [0.717, 1.165) is 61.0 Å². The molecule has 0 heterocycles. The Bertz CT molecular complexity index is 2580. The van der Waals surface area contributed by atoms with E-state index in [4.69, 9.17) is 19.3 Å². The molecule has 2 amide bonds. The van der Waals surface area contributed by atoms with E-state index in [1.54, 1.807) is 14.0 Å². The number of ether oxygens (including phenoxy) is 3.